The number of allylic oxidation sites excluding steroid dienone is 4. The largest absolute Gasteiger partial charge is 0.545 e. The van der Waals surface area contributed by atoms with Gasteiger partial charge in [0.15, 0.2) is 12.4 Å². The summed E-state index contributed by atoms with van der Waals surface area (Å²) in [7, 11) is 5.90. The maximum absolute atomic E-state index is 12.7. The molecule has 0 saturated carbocycles. The maximum atomic E-state index is 12.7. The average Bonchev–Trinajstić information content (AvgIpc) is 3.11. The fourth-order valence-electron chi connectivity index (χ4n) is 5.80. The number of carbonyl (C=O) groups excluding carboxylic acids is 3. The van der Waals surface area contributed by atoms with E-state index >= 15 is 0 Å². The van der Waals surface area contributed by atoms with Gasteiger partial charge in [-0.1, -0.05) is 147 Å². The molecule has 0 saturated heterocycles. The van der Waals surface area contributed by atoms with Crippen LogP contribution in [0.15, 0.2) is 24.3 Å². The lowest BCUT2D eigenvalue weighted by Gasteiger charge is -2.26. The Morgan fingerprint density at radius 1 is 0.566 bits per heavy atom. The number of ether oxygens (including phenoxy) is 4. The van der Waals surface area contributed by atoms with E-state index in [1.54, 1.807) is 0 Å². The van der Waals surface area contributed by atoms with Crippen molar-refractivity contribution in [2.45, 2.75) is 193 Å². The van der Waals surface area contributed by atoms with Crippen LogP contribution in [0.2, 0.25) is 0 Å². The molecule has 53 heavy (non-hydrogen) atoms. The van der Waals surface area contributed by atoms with Gasteiger partial charge in [-0.15, -0.1) is 0 Å². The highest BCUT2D eigenvalue weighted by Crippen LogP contribution is 2.14. The highest BCUT2D eigenvalue weighted by Gasteiger charge is 2.21. The molecule has 2 atom stereocenters. The third kappa shape index (κ3) is 37.9. The van der Waals surface area contributed by atoms with Crippen molar-refractivity contribution in [3.8, 4) is 0 Å². The van der Waals surface area contributed by atoms with E-state index in [1.807, 2.05) is 21.1 Å². The minimum atomic E-state index is -1.62. The van der Waals surface area contributed by atoms with Crippen molar-refractivity contribution >= 4 is 17.9 Å². The fourth-order valence-corrected chi connectivity index (χ4v) is 5.80. The van der Waals surface area contributed by atoms with Crippen LogP contribution in [0.25, 0.3) is 0 Å². The summed E-state index contributed by atoms with van der Waals surface area (Å²) in [6.07, 6.45) is 34.8. The molecule has 0 radical (unpaired) electrons. The molecule has 0 aromatic heterocycles. The second-order valence-electron chi connectivity index (χ2n) is 15.6. The molecular formula is C44H81NO8. The van der Waals surface area contributed by atoms with Crippen LogP contribution in [-0.4, -0.2) is 82.3 Å². The quantitative estimate of drug-likeness (QED) is 0.0201. The SMILES string of the molecule is CCCCC/C=C\C/C=C\CCCCCCCC(=O)OC(COC(=O)CCCCCCCCCCCCCCC)COC(OCC[N+](C)(C)C)C(=O)[O-]. The summed E-state index contributed by atoms with van der Waals surface area (Å²) >= 11 is 0. The lowest BCUT2D eigenvalue weighted by molar-refractivity contribution is -0.870. The standard InChI is InChI=1S/C44H81NO8/c1-6-8-10-12-14-16-18-20-21-23-25-27-29-31-33-35-42(47)53-40(39-52-44(43(48)49)50-37-36-45(3,4)5)38-51-41(46)34-32-30-28-26-24-22-19-17-15-13-11-9-7-2/h14,16,20-21,40,44H,6-13,15,17-19,22-39H2,1-5H3/b16-14-,21-20-. The van der Waals surface area contributed by atoms with E-state index in [-0.39, 0.29) is 32.2 Å². The van der Waals surface area contributed by atoms with Gasteiger partial charge in [0.25, 0.3) is 0 Å². The predicted molar refractivity (Wildman–Crippen MR) is 214 cm³/mol. The van der Waals surface area contributed by atoms with Gasteiger partial charge in [0.05, 0.1) is 40.3 Å². The van der Waals surface area contributed by atoms with Gasteiger partial charge in [-0.3, -0.25) is 9.59 Å². The molecule has 0 N–H and O–H groups in total. The van der Waals surface area contributed by atoms with Gasteiger partial charge in [0.1, 0.15) is 13.2 Å². The first-order valence-electron chi connectivity index (χ1n) is 21.5. The number of hydrogen-bond acceptors (Lipinski definition) is 8. The van der Waals surface area contributed by atoms with Crippen LogP contribution in [0.5, 0.6) is 0 Å². The van der Waals surface area contributed by atoms with Crippen molar-refractivity contribution in [3.63, 3.8) is 0 Å². The molecule has 0 bridgehead atoms. The zero-order valence-corrected chi connectivity index (χ0v) is 34.9. The predicted octanol–water partition coefficient (Wildman–Crippen LogP) is 9.55. The molecule has 9 heteroatoms. The van der Waals surface area contributed by atoms with Crippen molar-refractivity contribution < 1.29 is 42.9 Å². The van der Waals surface area contributed by atoms with Crippen molar-refractivity contribution in [1.82, 2.24) is 0 Å². The molecule has 0 amide bonds. The summed E-state index contributed by atoms with van der Waals surface area (Å²) in [4.78, 5) is 36.9. The third-order valence-electron chi connectivity index (χ3n) is 9.20. The van der Waals surface area contributed by atoms with Crippen LogP contribution in [0, 0.1) is 0 Å². The summed E-state index contributed by atoms with van der Waals surface area (Å²) < 4.78 is 22.5. The number of rotatable bonds is 39. The van der Waals surface area contributed by atoms with Crippen LogP contribution in [0.1, 0.15) is 181 Å². The van der Waals surface area contributed by atoms with Crippen molar-refractivity contribution in [1.29, 1.82) is 0 Å². The normalized spacial score (nSPS) is 13.2. The zero-order chi connectivity index (χ0) is 39.3. The molecule has 0 aliphatic rings. The molecule has 0 aliphatic carbocycles. The van der Waals surface area contributed by atoms with E-state index in [4.69, 9.17) is 18.9 Å². The Kier molecular flexibility index (Phi) is 35.2. The molecule has 310 valence electrons. The Labute approximate surface area is 325 Å². The van der Waals surface area contributed by atoms with E-state index in [1.165, 1.54) is 89.9 Å². The Morgan fingerprint density at radius 3 is 1.53 bits per heavy atom. The number of quaternary nitrogens is 1. The molecule has 0 spiro atoms. The van der Waals surface area contributed by atoms with E-state index in [9.17, 15) is 19.5 Å². The van der Waals surface area contributed by atoms with Gasteiger partial charge < -0.3 is 33.3 Å². The van der Waals surface area contributed by atoms with Crippen LogP contribution >= 0.6 is 0 Å². The van der Waals surface area contributed by atoms with Gasteiger partial charge in [-0.25, -0.2) is 0 Å². The lowest BCUT2D eigenvalue weighted by Crippen LogP contribution is -2.44. The van der Waals surface area contributed by atoms with E-state index < -0.39 is 24.3 Å². The number of unbranched alkanes of at least 4 members (excludes halogenated alkanes) is 20. The number of nitrogens with zero attached hydrogens (tertiary/aromatic N) is 1. The summed E-state index contributed by atoms with van der Waals surface area (Å²) in [6, 6.07) is 0. The molecule has 0 aromatic rings. The molecule has 2 unspecified atom stereocenters. The summed E-state index contributed by atoms with van der Waals surface area (Å²) in [5.74, 6) is -2.30. The minimum absolute atomic E-state index is 0.146. The topological polar surface area (TPSA) is 111 Å². The number of carboxylic acids is 1. The third-order valence-corrected chi connectivity index (χ3v) is 9.20. The summed E-state index contributed by atoms with van der Waals surface area (Å²) in [5.41, 5.74) is 0. The smallest absolute Gasteiger partial charge is 0.306 e. The maximum Gasteiger partial charge on any atom is 0.306 e. The second kappa shape index (κ2) is 36.7. The molecular weight excluding hydrogens is 670 g/mol. The Hall–Kier alpha value is -2.23. The Morgan fingerprint density at radius 2 is 1.02 bits per heavy atom. The Bertz CT molecular complexity index is 929. The highest BCUT2D eigenvalue weighted by atomic mass is 16.7. The van der Waals surface area contributed by atoms with Gasteiger partial charge in [-0.05, 0) is 44.9 Å². The first kappa shape index (κ1) is 50.8. The molecule has 9 nitrogen and oxygen atoms in total. The molecule has 0 aromatic carbocycles. The number of carboxylic acid groups (broad SMARTS) is 1. The van der Waals surface area contributed by atoms with E-state index in [0.717, 1.165) is 57.8 Å². The molecule has 0 heterocycles. The van der Waals surface area contributed by atoms with Crippen LogP contribution in [-0.2, 0) is 33.3 Å². The monoisotopic (exact) mass is 752 g/mol. The van der Waals surface area contributed by atoms with E-state index in [2.05, 4.69) is 38.2 Å². The number of esters is 2. The van der Waals surface area contributed by atoms with Gasteiger partial charge >= 0.3 is 11.9 Å². The number of carbonyl (C=O) groups is 3. The van der Waals surface area contributed by atoms with Crippen molar-refractivity contribution in [3.05, 3.63) is 24.3 Å². The van der Waals surface area contributed by atoms with Crippen LogP contribution in [0.4, 0.5) is 0 Å². The van der Waals surface area contributed by atoms with Crippen molar-refractivity contribution in [2.75, 3.05) is 47.5 Å². The summed E-state index contributed by atoms with van der Waals surface area (Å²) in [5, 5.41) is 11.7. The lowest BCUT2D eigenvalue weighted by atomic mass is 10.0. The van der Waals surface area contributed by atoms with Crippen LogP contribution in [0.3, 0.4) is 0 Å². The van der Waals surface area contributed by atoms with E-state index in [0.29, 0.717) is 23.9 Å². The van der Waals surface area contributed by atoms with Gasteiger partial charge in [0, 0.05) is 12.8 Å². The number of hydrogen-bond donors (Lipinski definition) is 0. The number of likely N-dealkylation sites (N-methyl/N-ethyl adjacent to an activating group) is 1. The van der Waals surface area contributed by atoms with Crippen LogP contribution < -0.4 is 5.11 Å². The molecule has 0 fully saturated rings. The molecule has 0 rings (SSSR count). The average molecular weight is 752 g/mol. The zero-order valence-electron chi connectivity index (χ0n) is 34.9. The summed E-state index contributed by atoms with van der Waals surface area (Å²) in [6.45, 7) is 4.69. The van der Waals surface area contributed by atoms with Gasteiger partial charge in [0.2, 0.25) is 0 Å². The second-order valence-corrected chi connectivity index (χ2v) is 15.6. The first-order valence-corrected chi connectivity index (χ1v) is 21.5. The first-order chi connectivity index (χ1) is 25.6. The van der Waals surface area contributed by atoms with Gasteiger partial charge in [-0.2, -0.15) is 0 Å². The minimum Gasteiger partial charge on any atom is -0.545 e. The van der Waals surface area contributed by atoms with Crippen molar-refractivity contribution in [2.24, 2.45) is 0 Å². The number of aliphatic carboxylic acids is 1. The fraction of sp³-hybridized carbons (Fsp3) is 0.841. The highest BCUT2D eigenvalue weighted by molar-refractivity contribution is 5.70. The molecule has 0 aliphatic heterocycles. The Balaban J connectivity index is 4.49.